The molecule has 47 heavy (non-hydrogen) atoms. The maximum atomic E-state index is 15.0. The summed E-state index contributed by atoms with van der Waals surface area (Å²) in [5, 5.41) is 5.70. The summed E-state index contributed by atoms with van der Waals surface area (Å²) in [4.78, 5) is 43.7. The Morgan fingerprint density at radius 2 is 1.68 bits per heavy atom. The lowest BCUT2D eigenvalue weighted by atomic mass is 9.95. The average Bonchev–Trinajstić information content (AvgIpc) is 3.04. The van der Waals surface area contributed by atoms with E-state index >= 15 is 0 Å². The Morgan fingerprint density at radius 3 is 2.34 bits per heavy atom. The highest BCUT2D eigenvalue weighted by Crippen LogP contribution is 2.31. The van der Waals surface area contributed by atoms with Crippen molar-refractivity contribution in [1.29, 1.82) is 0 Å². The molecule has 0 saturated carbocycles. The van der Waals surface area contributed by atoms with Gasteiger partial charge < -0.3 is 19.9 Å². The maximum Gasteiger partial charge on any atom is 0.408 e. The summed E-state index contributed by atoms with van der Waals surface area (Å²) in [6.45, 7) is 1.25. The highest BCUT2D eigenvalue weighted by Gasteiger charge is 2.38. The number of anilines is 1. The van der Waals surface area contributed by atoms with E-state index in [2.05, 4.69) is 10.3 Å². The van der Waals surface area contributed by atoms with Gasteiger partial charge in [0.2, 0.25) is 0 Å². The zero-order valence-corrected chi connectivity index (χ0v) is 25.4. The SMILES string of the molecule is CC[C@@H](Nc1cc(F)c(C(=O)N[C@@H](Cc2ccc(-c3cc4ccccc4n(C)c3=O)c3ncccc23)C(=O)OC)c(F)c1)C(F)(F)F. The number of benzene rings is 3. The summed E-state index contributed by atoms with van der Waals surface area (Å²) in [6, 6.07) is 13.5. The Morgan fingerprint density at radius 1 is 0.979 bits per heavy atom. The number of halogens is 5. The Bertz CT molecular complexity index is 2040. The first-order valence-electron chi connectivity index (χ1n) is 14.5. The van der Waals surface area contributed by atoms with Crippen LogP contribution in [0.2, 0.25) is 0 Å². The van der Waals surface area contributed by atoms with Gasteiger partial charge in [-0.2, -0.15) is 13.2 Å². The first-order valence-corrected chi connectivity index (χ1v) is 14.5. The lowest BCUT2D eigenvalue weighted by Gasteiger charge is -2.22. The van der Waals surface area contributed by atoms with E-state index in [0.29, 0.717) is 39.7 Å². The molecule has 0 aliphatic rings. The van der Waals surface area contributed by atoms with Gasteiger partial charge in [0.15, 0.2) is 0 Å². The van der Waals surface area contributed by atoms with Crippen molar-refractivity contribution in [1.82, 2.24) is 14.9 Å². The number of esters is 1. The molecule has 0 spiro atoms. The number of carbonyl (C=O) groups excluding carboxylic acids is 2. The normalized spacial score (nSPS) is 12.9. The second-order valence-electron chi connectivity index (χ2n) is 10.9. The molecule has 0 saturated heterocycles. The first kappa shape index (κ1) is 33.0. The number of hydrogen-bond donors (Lipinski definition) is 2. The van der Waals surface area contributed by atoms with Gasteiger partial charge in [0.1, 0.15) is 29.3 Å². The molecule has 3 aromatic carbocycles. The molecular formula is C34H29F5N4O4. The molecule has 0 bridgehead atoms. The van der Waals surface area contributed by atoms with E-state index in [-0.39, 0.29) is 12.0 Å². The van der Waals surface area contributed by atoms with Crippen LogP contribution in [0.3, 0.4) is 0 Å². The lowest BCUT2D eigenvalue weighted by Crippen LogP contribution is -2.43. The molecule has 2 N–H and O–H groups in total. The van der Waals surface area contributed by atoms with Crippen molar-refractivity contribution in [2.45, 2.75) is 38.0 Å². The van der Waals surface area contributed by atoms with Crippen molar-refractivity contribution in [2.24, 2.45) is 7.05 Å². The summed E-state index contributed by atoms with van der Waals surface area (Å²) in [6.07, 6.45) is -3.72. The quantitative estimate of drug-likeness (QED) is 0.143. The van der Waals surface area contributed by atoms with E-state index in [1.165, 1.54) is 11.5 Å². The third kappa shape index (κ3) is 6.64. The first-order chi connectivity index (χ1) is 22.3. The number of aromatic nitrogens is 2. The number of methoxy groups -OCH3 is 1. The summed E-state index contributed by atoms with van der Waals surface area (Å²) in [5.41, 5.74) is 0.768. The van der Waals surface area contributed by atoms with Gasteiger partial charge in [-0.05, 0) is 47.7 Å². The summed E-state index contributed by atoms with van der Waals surface area (Å²) in [5.74, 6) is -5.09. The minimum absolute atomic E-state index is 0.191. The van der Waals surface area contributed by atoms with E-state index in [1.54, 1.807) is 43.6 Å². The van der Waals surface area contributed by atoms with Crippen molar-refractivity contribution < 1.29 is 36.3 Å². The number of amides is 1. The van der Waals surface area contributed by atoms with Crippen LogP contribution >= 0.6 is 0 Å². The number of aryl methyl sites for hydroxylation is 1. The third-order valence-electron chi connectivity index (χ3n) is 7.91. The predicted molar refractivity (Wildman–Crippen MR) is 167 cm³/mol. The van der Waals surface area contributed by atoms with Gasteiger partial charge in [-0.15, -0.1) is 0 Å². The molecular weight excluding hydrogens is 623 g/mol. The van der Waals surface area contributed by atoms with E-state index in [4.69, 9.17) is 4.74 Å². The fraction of sp³-hybridized carbons (Fsp3) is 0.235. The zero-order chi connectivity index (χ0) is 34.0. The van der Waals surface area contributed by atoms with Crippen LogP contribution in [-0.2, 0) is 23.0 Å². The van der Waals surface area contributed by atoms with Gasteiger partial charge >= 0.3 is 12.1 Å². The van der Waals surface area contributed by atoms with Crippen LogP contribution in [0.4, 0.5) is 27.6 Å². The van der Waals surface area contributed by atoms with Crippen molar-refractivity contribution in [3.63, 3.8) is 0 Å². The van der Waals surface area contributed by atoms with Crippen LogP contribution in [0.25, 0.3) is 32.9 Å². The monoisotopic (exact) mass is 652 g/mol. The standard InChI is InChI=1S/C34H29F5N4O4/c1-4-28(34(37,38)39)41-20-16-24(35)29(25(36)17-20)31(44)42-26(33(46)47-3)15-18-11-12-22(30-21(18)9-7-13-40-30)23-14-19-8-5-6-10-27(19)43(2)32(23)45/h5-14,16-17,26,28,41H,4,15H2,1-3H3,(H,42,44)/t26-,28+/m0/s1. The summed E-state index contributed by atoms with van der Waals surface area (Å²) < 4.78 is 75.8. The Hall–Kier alpha value is -5.33. The molecule has 5 aromatic rings. The van der Waals surface area contributed by atoms with Crippen LogP contribution in [-0.4, -0.2) is 46.8 Å². The predicted octanol–water partition coefficient (Wildman–Crippen LogP) is 6.30. The second-order valence-corrected chi connectivity index (χ2v) is 10.9. The number of nitrogens with one attached hydrogen (secondary N) is 2. The van der Waals surface area contributed by atoms with E-state index in [0.717, 1.165) is 18.0 Å². The van der Waals surface area contributed by atoms with Crippen LogP contribution in [0.1, 0.15) is 29.3 Å². The second kappa shape index (κ2) is 13.2. The number of nitrogens with zero attached hydrogens (tertiary/aromatic N) is 2. The number of fused-ring (bicyclic) bond motifs is 2. The van der Waals surface area contributed by atoms with Crippen molar-refractivity contribution >= 4 is 39.4 Å². The zero-order valence-electron chi connectivity index (χ0n) is 25.4. The third-order valence-corrected chi connectivity index (χ3v) is 7.91. The molecule has 8 nitrogen and oxygen atoms in total. The number of pyridine rings is 2. The van der Waals surface area contributed by atoms with Gasteiger partial charge in [0.25, 0.3) is 11.5 Å². The minimum atomic E-state index is -4.67. The van der Waals surface area contributed by atoms with E-state index in [1.807, 2.05) is 29.6 Å². The molecule has 0 radical (unpaired) electrons. The van der Waals surface area contributed by atoms with Gasteiger partial charge in [-0.1, -0.05) is 43.3 Å². The highest BCUT2D eigenvalue weighted by atomic mass is 19.4. The molecule has 0 aliphatic carbocycles. The van der Waals surface area contributed by atoms with Crippen LogP contribution in [0.5, 0.6) is 0 Å². The number of ether oxygens (including phenoxy) is 1. The lowest BCUT2D eigenvalue weighted by molar-refractivity contribution is -0.143. The Balaban J connectivity index is 1.47. The van der Waals surface area contributed by atoms with Gasteiger partial charge in [-0.25, -0.2) is 13.6 Å². The van der Waals surface area contributed by atoms with Gasteiger partial charge in [0, 0.05) is 41.9 Å². The van der Waals surface area contributed by atoms with Gasteiger partial charge in [0.05, 0.1) is 18.1 Å². The summed E-state index contributed by atoms with van der Waals surface area (Å²) in [7, 11) is 2.74. The molecule has 2 heterocycles. The Labute approximate surface area is 265 Å². The minimum Gasteiger partial charge on any atom is -0.467 e. The molecule has 1 amide bonds. The van der Waals surface area contributed by atoms with Crippen LogP contribution < -0.4 is 16.2 Å². The fourth-order valence-electron chi connectivity index (χ4n) is 5.52. The molecule has 5 rings (SSSR count). The maximum absolute atomic E-state index is 15.0. The molecule has 0 unspecified atom stereocenters. The topological polar surface area (TPSA) is 102 Å². The number of rotatable bonds is 9. The van der Waals surface area contributed by atoms with Crippen LogP contribution in [0.15, 0.2) is 77.7 Å². The number of hydrogen-bond acceptors (Lipinski definition) is 6. The molecule has 0 aliphatic heterocycles. The average molecular weight is 653 g/mol. The van der Waals surface area contributed by atoms with E-state index in [9.17, 15) is 36.3 Å². The molecule has 13 heteroatoms. The van der Waals surface area contributed by atoms with Crippen LogP contribution in [0, 0.1) is 11.6 Å². The fourth-order valence-corrected chi connectivity index (χ4v) is 5.52. The Kier molecular flexibility index (Phi) is 9.27. The molecule has 2 atom stereocenters. The molecule has 2 aromatic heterocycles. The van der Waals surface area contributed by atoms with Crippen molar-refractivity contribution in [3.05, 3.63) is 106 Å². The van der Waals surface area contributed by atoms with Crippen molar-refractivity contribution in [2.75, 3.05) is 12.4 Å². The number of carbonyl (C=O) groups is 2. The number of alkyl halides is 3. The number of para-hydroxylation sites is 1. The largest absolute Gasteiger partial charge is 0.467 e. The smallest absolute Gasteiger partial charge is 0.408 e. The molecule has 244 valence electrons. The molecule has 0 fully saturated rings. The van der Waals surface area contributed by atoms with E-state index < -0.39 is 59.4 Å². The van der Waals surface area contributed by atoms with Crippen molar-refractivity contribution in [3.8, 4) is 11.1 Å². The van der Waals surface area contributed by atoms with Gasteiger partial charge in [-0.3, -0.25) is 14.6 Å². The highest BCUT2D eigenvalue weighted by molar-refractivity contribution is 5.99. The summed E-state index contributed by atoms with van der Waals surface area (Å²) >= 11 is 0.